The largest absolute Gasteiger partial charge is 0.294 e. The Balaban J connectivity index is 2.78. The molecule has 1 heterocycles. The van der Waals surface area contributed by atoms with E-state index >= 15 is 0 Å². The fourth-order valence-corrected chi connectivity index (χ4v) is 1.54. The van der Waals surface area contributed by atoms with Gasteiger partial charge >= 0.3 is 0 Å². The number of hydrogen-bond donors (Lipinski definition) is 0. The standard InChI is InChI=1S/C11H17NO3/c1-8-9(7-13)10(14)5-6-12(8)15-11(2,3)4/h8H,5-6H2,1-4H3. The molecule has 0 aromatic carbocycles. The second-order valence-corrected chi connectivity index (χ2v) is 4.71. The highest BCUT2D eigenvalue weighted by molar-refractivity contribution is 6.04. The molecule has 0 aromatic heterocycles. The number of nitrogens with zero attached hydrogens (tertiary/aromatic N) is 1. The van der Waals surface area contributed by atoms with Crippen molar-refractivity contribution >= 4 is 11.7 Å². The van der Waals surface area contributed by atoms with Gasteiger partial charge in [-0.05, 0) is 27.7 Å². The Bertz CT molecular complexity index is 310. The van der Waals surface area contributed by atoms with Crippen LogP contribution in [0.1, 0.15) is 34.1 Å². The summed E-state index contributed by atoms with van der Waals surface area (Å²) in [6, 6.07) is -0.303. The lowest BCUT2D eigenvalue weighted by Gasteiger charge is -2.36. The van der Waals surface area contributed by atoms with E-state index in [9.17, 15) is 9.59 Å². The Hall–Kier alpha value is -0.960. The van der Waals surface area contributed by atoms with Gasteiger partial charge in [-0.25, -0.2) is 4.79 Å². The van der Waals surface area contributed by atoms with Gasteiger partial charge in [0.2, 0.25) is 0 Å². The number of carbonyl (C=O) groups is 1. The van der Waals surface area contributed by atoms with Crippen LogP contribution in [0.4, 0.5) is 0 Å². The van der Waals surface area contributed by atoms with Crippen molar-refractivity contribution in [2.75, 3.05) is 6.54 Å². The van der Waals surface area contributed by atoms with Crippen LogP contribution < -0.4 is 0 Å². The predicted octanol–water partition coefficient (Wildman–Crippen LogP) is 1.14. The average Bonchev–Trinajstić information content (AvgIpc) is 2.09. The van der Waals surface area contributed by atoms with Crippen LogP contribution in [0.5, 0.6) is 0 Å². The Kier molecular flexibility index (Phi) is 3.45. The molecule has 1 saturated heterocycles. The zero-order chi connectivity index (χ0) is 11.6. The van der Waals surface area contributed by atoms with E-state index in [4.69, 9.17) is 4.84 Å². The number of rotatable bonds is 1. The maximum Gasteiger partial charge on any atom is 0.172 e. The lowest BCUT2D eigenvalue weighted by Crippen LogP contribution is -2.46. The summed E-state index contributed by atoms with van der Waals surface area (Å²) in [7, 11) is 0. The van der Waals surface area contributed by atoms with Gasteiger partial charge in [0.25, 0.3) is 0 Å². The average molecular weight is 211 g/mol. The van der Waals surface area contributed by atoms with Crippen LogP contribution >= 0.6 is 0 Å². The lowest BCUT2D eigenvalue weighted by molar-refractivity contribution is -0.244. The SMILES string of the molecule is CC1C(=C=O)C(=O)CCN1OC(C)(C)C. The number of piperidine rings is 1. The molecule has 1 aliphatic heterocycles. The van der Waals surface area contributed by atoms with E-state index < -0.39 is 0 Å². The zero-order valence-electron chi connectivity index (χ0n) is 9.66. The van der Waals surface area contributed by atoms with Gasteiger partial charge < -0.3 is 0 Å². The summed E-state index contributed by atoms with van der Waals surface area (Å²) in [5.41, 5.74) is -0.131. The van der Waals surface area contributed by atoms with E-state index in [1.54, 1.807) is 17.9 Å². The fraction of sp³-hybridized carbons (Fsp3) is 0.727. The van der Waals surface area contributed by atoms with Crippen molar-refractivity contribution in [3.05, 3.63) is 5.57 Å². The Labute approximate surface area is 89.8 Å². The first kappa shape index (κ1) is 12.1. The molecule has 15 heavy (non-hydrogen) atoms. The van der Waals surface area contributed by atoms with Crippen molar-refractivity contribution < 1.29 is 14.4 Å². The van der Waals surface area contributed by atoms with Crippen LogP contribution in [0.2, 0.25) is 0 Å². The third-order valence-corrected chi connectivity index (χ3v) is 2.21. The first-order valence-corrected chi connectivity index (χ1v) is 5.09. The van der Waals surface area contributed by atoms with E-state index in [-0.39, 0.29) is 23.0 Å². The number of carbonyl (C=O) groups excluding carboxylic acids is 2. The maximum atomic E-state index is 11.4. The summed E-state index contributed by atoms with van der Waals surface area (Å²) < 4.78 is 0. The number of Topliss-reactive ketones (excluding diaryl/α,β-unsaturated/α-hetero) is 1. The van der Waals surface area contributed by atoms with Crippen LogP contribution in [0.25, 0.3) is 0 Å². The van der Waals surface area contributed by atoms with Crippen molar-refractivity contribution in [1.82, 2.24) is 5.06 Å². The van der Waals surface area contributed by atoms with E-state index in [2.05, 4.69) is 0 Å². The van der Waals surface area contributed by atoms with E-state index in [1.165, 1.54) is 0 Å². The zero-order valence-corrected chi connectivity index (χ0v) is 9.66. The van der Waals surface area contributed by atoms with Crippen LogP contribution in [0.15, 0.2) is 5.57 Å². The monoisotopic (exact) mass is 211 g/mol. The molecule has 4 heteroatoms. The topological polar surface area (TPSA) is 46.6 Å². The van der Waals surface area contributed by atoms with Gasteiger partial charge in [0.05, 0.1) is 17.2 Å². The molecule has 0 saturated carbocycles. The summed E-state index contributed by atoms with van der Waals surface area (Å²) in [5, 5.41) is 1.68. The molecule has 0 amide bonds. The number of hydrogen-bond acceptors (Lipinski definition) is 4. The van der Waals surface area contributed by atoms with Crippen LogP contribution in [-0.2, 0) is 14.4 Å². The molecular formula is C11H17NO3. The van der Waals surface area contributed by atoms with Crippen LogP contribution in [0, 0.1) is 0 Å². The fourth-order valence-electron chi connectivity index (χ4n) is 1.54. The molecule has 0 spiro atoms. The van der Waals surface area contributed by atoms with E-state index in [0.717, 1.165) is 0 Å². The summed E-state index contributed by atoms with van der Waals surface area (Å²) in [6.45, 7) is 8.10. The van der Waals surface area contributed by atoms with Gasteiger partial charge in [-0.3, -0.25) is 9.63 Å². The molecular weight excluding hydrogens is 194 g/mol. The van der Waals surface area contributed by atoms with E-state index in [1.807, 2.05) is 20.8 Å². The van der Waals surface area contributed by atoms with Crippen molar-refractivity contribution in [2.24, 2.45) is 0 Å². The van der Waals surface area contributed by atoms with Gasteiger partial charge in [0.1, 0.15) is 5.94 Å². The first-order chi connectivity index (χ1) is 6.85. The molecule has 1 aliphatic rings. The molecule has 1 fully saturated rings. The molecule has 84 valence electrons. The van der Waals surface area contributed by atoms with Crippen LogP contribution in [0.3, 0.4) is 0 Å². The molecule has 0 bridgehead atoms. The Morgan fingerprint density at radius 1 is 1.47 bits per heavy atom. The molecule has 0 radical (unpaired) electrons. The highest BCUT2D eigenvalue weighted by Gasteiger charge is 2.32. The summed E-state index contributed by atoms with van der Waals surface area (Å²) >= 11 is 0. The van der Waals surface area contributed by atoms with Crippen molar-refractivity contribution in [2.45, 2.75) is 45.8 Å². The normalized spacial score (nSPS) is 24.1. The third-order valence-electron chi connectivity index (χ3n) is 2.21. The highest BCUT2D eigenvalue weighted by Crippen LogP contribution is 2.21. The van der Waals surface area contributed by atoms with Crippen LogP contribution in [-0.4, -0.2) is 35.0 Å². The number of hydroxylamine groups is 2. The van der Waals surface area contributed by atoms with Crippen molar-refractivity contribution in [1.29, 1.82) is 0 Å². The molecule has 0 aromatic rings. The summed E-state index contributed by atoms with van der Waals surface area (Å²) in [6.07, 6.45) is 0.324. The predicted molar refractivity (Wildman–Crippen MR) is 55.8 cm³/mol. The molecule has 0 N–H and O–H groups in total. The van der Waals surface area contributed by atoms with Gasteiger partial charge in [-0.15, -0.1) is 0 Å². The second kappa shape index (κ2) is 4.27. The minimum atomic E-state index is -0.317. The lowest BCUT2D eigenvalue weighted by atomic mass is 9.99. The summed E-state index contributed by atoms with van der Waals surface area (Å²) in [5.74, 6) is 1.60. The Morgan fingerprint density at radius 3 is 2.53 bits per heavy atom. The minimum absolute atomic E-state index is 0.119. The van der Waals surface area contributed by atoms with Gasteiger partial charge in [0.15, 0.2) is 5.78 Å². The van der Waals surface area contributed by atoms with Gasteiger partial charge in [-0.2, -0.15) is 5.06 Å². The third kappa shape index (κ3) is 2.99. The second-order valence-electron chi connectivity index (χ2n) is 4.71. The van der Waals surface area contributed by atoms with Crippen molar-refractivity contribution in [3.8, 4) is 0 Å². The molecule has 1 atom stereocenters. The quantitative estimate of drug-likeness (QED) is 0.482. The highest BCUT2D eigenvalue weighted by atomic mass is 16.7. The molecule has 4 nitrogen and oxygen atoms in total. The Morgan fingerprint density at radius 2 is 2.07 bits per heavy atom. The molecule has 0 aliphatic carbocycles. The molecule has 1 unspecified atom stereocenters. The maximum absolute atomic E-state index is 11.4. The van der Waals surface area contributed by atoms with Crippen molar-refractivity contribution in [3.63, 3.8) is 0 Å². The summed E-state index contributed by atoms with van der Waals surface area (Å²) in [4.78, 5) is 27.6. The van der Waals surface area contributed by atoms with Gasteiger partial charge in [0, 0.05) is 13.0 Å². The molecule has 1 rings (SSSR count). The van der Waals surface area contributed by atoms with Gasteiger partial charge in [-0.1, -0.05) is 0 Å². The van der Waals surface area contributed by atoms with E-state index in [0.29, 0.717) is 13.0 Å². The smallest absolute Gasteiger partial charge is 0.172 e. The minimum Gasteiger partial charge on any atom is -0.294 e. The number of ketones is 1. The first-order valence-electron chi connectivity index (χ1n) is 5.09.